The molecule has 0 bridgehead atoms. The predicted octanol–water partition coefficient (Wildman–Crippen LogP) is 1.61. The number of rotatable bonds is 1. The number of halogens is 1. The highest BCUT2D eigenvalue weighted by molar-refractivity contribution is 7.80. The molecule has 0 spiro atoms. The van der Waals surface area contributed by atoms with Crippen LogP contribution in [0.4, 0.5) is 10.1 Å². The van der Waals surface area contributed by atoms with E-state index in [0.29, 0.717) is 5.11 Å². The standard InChI is InChI=1S/C9H8FN3S/c1-12-9(14)13-8-3-2-6(5-11)4-7(8)10/h2-4H,1H3,(H2,12,13,14). The van der Waals surface area contributed by atoms with E-state index in [-0.39, 0.29) is 11.3 Å². The molecule has 3 nitrogen and oxygen atoms in total. The highest BCUT2D eigenvalue weighted by Crippen LogP contribution is 2.14. The Labute approximate surface area is 86.5 Å². The third-order valence-electron chi connectivity index (χ3n) is 1.57. The summed E-state index contributed by atoms with van der Waals surface area (Å²) >= 11 is 4.80. The largest absolute Gasteiger partial charge is 0.366 e. The van der Waals surface area contributed by atoms with Gasteiger partial charge in [0.25, 0.3) is 0 Å². The van der Waals surface area contributed by atoms with Gasteiger partial charge in [0, 0.05) is 7.05 Å². The van der Waals surface area contributed by atoms with Crippen molar-refractivity contribution in [1.82, 2.24) is 5.32 Å². The van der Waals surface area contributed by atoms with Crippen LogP contribution in [-0.2, 0) is 0 Å². The Kier molecular flexibility index (Phi) is 3.37. The summed E-state index contributed by atoms with van der Waals surface area (Å²) in [6, 6.07) is 5.99. The van der Waals surface area contributed by atoms with Crippen LogP contribution in [0.2, 0.25) is 0 Å². The molecule has 0 aliphatic heterocycles. The van der Waals surface area contributed by atoms with Crippen molar-refractivity contribution in [1.29, 1.82) is 5.26 Å². The average Bonchev–Trinajstić information content (AvgIpc) is 2.20. The van der Waals surface area contributed by atoms with Gasteiger partial charge in [0.15, 0.2) is 5.11 Å². The molecule has 0 heterocycles. The summed E-state index contributed by atoms with van der Waals surface area (Å²) in [7, 11) is 1.64. The Bertz CT molecular complexity index is 398. The lowest BCUT2D eigenvalue weighted by Crippen LogP contribution is -2.24. The first-order chi connectivity index (χ1) is 6.67. The van der Waals surface area contributed by atoms with Gasteiger partial charge in [-0.25, -0.2) is 4.39 Å². The van der Waals surface area contributed by atoms with E-state index in [1.807, 2.05) is 6.07 Å². The Morgan fingerprint density at radius 1 is 1.57 bits per heavy atom. The molecule has 0 fully saturated rings. The molecule has 72 valence electrons. The van der Waals surface area contributed by atoms with E-state index in [2.05, 4.69) is 10.6 Å². The minimum Gasteiger partial charge on any atom is -0.366 e. The van der Waals surface area contributed by atoms with Crippen molar-refractivity contribution in [2.24, 2.45) is 0 Å². The average molecular weight is 209 g/mol. The van der Waals surface area contributed by atoms with Gasteiger partial charge in [0.1, 0.15) is 5.82 Å². The smallest absolute Gasteiger partial charge is 0.170 e. The molecule has 0 aliphatic carbocycles. The summed E-state index contributed by atoms with van der Waals surface area (Å²) < 4.78 is 13.2. The summed E-state index contributed by atoms with van der Waals surface area (Å²) in [6.45, 7) is 0. The third kappa shape index (κ3) is 2.41. The van der Waals surface area contributed by atoms with Crippen LogP contribution in [0, 0.1) is 17.1 Å². The number of nitrogens with one attached hydrogen (secondary N) is 2. The van der Waals surface area contributed by atoms with Gasteiger partial charge in [-0.15, -0.1) is 0 Å². The van der Waals surface area contributed by atoms with Gasteiger partial charge in [0.2, 0.25) is 0 Å². The zero-order valence-electron chi connectivity index (χ0n) is 7.47. The molecule has 0 aliphatic rings. The van der Waals surface area contributed by atoms with Gasteiger partial charge in [-0.05, 0) is 30.4 Å². The number of hydrogen-bond acceptors (Lipinski definition) is 2. The number of benzene rings is 1. The van der Waals surface area contributed by atoms with Crippen molar-refractivity contribution >= 4 is 23.0 Å². The summed E-state index contributed by atoms with van der Waals surface area (Å²) in [5, 5.41) is 14.1. The number of nitrogens with zero attached hydrogens (tertiary/aromatic N) is 1. The Hall–Kier alpha value is -1.67. The molecule has 1 aromatic carbocycles. The normalized spacial score (nSPS) is 8.93. The molecule has 0 saturated carbocycles. The van der Waals surface area contributed by atoms with Gasteiger partial charge in [-0.3, -0.25) is 0 Å². The molecule has 14 heavy (non-hydrogen) atoms. The molecule has 0 unspecified atom stereocenters. The van der Waals surface area contributed by atoms with Crippen molar-refractivity contribution in [3.63, 3.8) is 0 Å². The summed E-state index contributed by atoms with van der Waals surface area (Å²) in [4.78, 5) is 0. The Morgan fingerprint density at radius 3 is 2.79 bits per heavy atom. The first-order valence-corrected chi connectivity index (χ1v) is 4.26. The van der Waals surface area contributed by atoms with Crippen molar-refractivity contribution < 1.29 is 4.39 Å². The minimum atomic E-state index is -0.498. The lowest BCUT2D eigenvalue weighted by Gasteiger charge is -2.07. The second-order valence-electron chi connectivity index (χ2n) is 2.51. The van der Waals surface area contributed by atoms with E-state index in [1.54, 1.807) is 7.05 Å². The van der Waals surface area contributed by atoms with Crippen molar-refractivity contribution in [2.75, 3.05) is 12.4 Å². The van der Waals surface area contributed by atoms with Crippen LogP contribution >= 0.6 is 12.2 Å². The lowest BCUT2D eigenvalue weighted by atomic mass is 10.2. The molecule has 0 amide bonds. The zero-order valence-corrected chi connectivity index (χ0v) is 8.28. The maximum Gasteiger partial charge on any atom is 0.170 e. The van der Waals surface area contributed by atoms with E-state index < -0.39 is 5.82 Å². The van der Waals surface area contributed by atoms with E-state index in [9.17, 15) is 4.39 Å². The molecule has 1 rings (SSSR count). The zero-order chi connectivity index (χ0) is 10.6. The van der Waals surface area contributed by atoms with E-state index in [4.69, 9.17) is 17.5 Å². The van der Waals surface area contributed by atoms with E-state index >= 15 is 0 Å². The first kappa shape index (κ1) is 10.4. The maximum absolute atomic E-state index is 13.2. The summed E-state index contributed by atoms with van der Waals surface area (Å²) in [6.07, 6.45) is 0. The number of thiocarbonyl (C=S) groups is 1. The van der Waals surface area contributed by atoms with Crippen LogP contribution in [0.1, 0.15) is 5.56 Å². The SMILES string of the molecule is CNC(=S)Nc1ccc(C#N)cc1F. The molecular formula is C9H8FN3S. The van der Waals surface area contributed by atoms with Crippen LogP contribution < -0.4 is 10.6 Å². The molecule has 1 aromatic rings. The molecule has 2 N–H and O–H groups in total. The van der Waals surface area contributed by atoms with Crippen LogP contribution in [0.15, 0.2) is 18.2 Å². The molecule has 0 atom stereocenters. The van der Waals surface area contributed by atoms with Crippen LogP contribution in [-0.4, -0.2) is 12.2 Å². The molecule has 0 saturated heterocycles. The third-order valence-corrected chi connectivity index (χ3v) is 1.88. The fourth-order valence-corrected chi connectivity index (χ4v) is 0.981. The quantitative estimate of drug-likeness (QED) is 0.690. The van der Waals surface area contributed by atoms with Gasteiger partial charge in [0.05, 0.1) is 17.3 Å². The van der Waals surface area contributed by atoms with Gasteiger partial charge >= 0.3 is 0 Å². The minimum absolute atomic E-state index is 0.253. The second kappa shape index (κ2) is 4.53. The molecule has 0 aromatic heterocycles. The van der Waals surface area contributed by atoms with Gasteiger partial charge in [-0.1, -0.05) is 0 Å². The molecule has 5 heteroatoms. The topological polar surface area (TPSA) is 47.8 Å². The Balaban J connectivity index is 2.90. The Morgan fingerprint density at radius 2 is 2.29 bits per heavy atom. The monoisotopic (exact) mass is 209 g/mol. The predicted molar refractivity (Wildman–Crippen MR) is 56.4 cm³/mol. The summed E-state index contributed by atoms with van der Waals surface area (Å²) in [5.74, 6) is -0.498. The van der Waals surface area contributed by atoms with E-state index in [1.165, 1.54) is 12.1 Å². The van der Waals surface area contributed by atoms with Gasteiger partial charge in [-0.2, -0.15) is 5.26 Å². The number of nitriles is 1. The van der Waals surface area contributed by atoms with Crippen LogP contribution in [0.5, 0.6) is 0 Å². The first-order valence-electron chi connectivity index (χ1n) is 3.85. The maximum atomic E-state index is 13.2. The fraction of sp³-hybridized carbons (Fsp3) is 0.111. The highest BCUT2D eigenvalue weighted by Gasteiger charge is 2.03. The second-order valence-corrected chi connectivity index (χ2v) is 2.92. The lowest BCUT2D eigenvalue weighted by molar-refractivity contribution is 0.631. The molecular weight excluding hydrogens is 201 g/mol. The molecule has 0 radical (unpaired) electrons. The van der Waals surface area contributed by atoms with Crippen molar-refractivity contribution in [2.45, 2.75) is 0 Å². The summed E-state index contributed by atoms with van der Waals surface area (Å²) in [5.41, 5.74) is 0.534. The van der Waals surface area contributed by atoms with Crippen LogP contribution in [0.25, 0.3) is 0 Å². The fourth-order valence-electron chi connectivity index (χ4n) is 0.871. The highest BCUT2D eigenvalue weighted by atomic mass is 32.1. The van der Waals surface area contributed by atoms with Crippen LogP contribution in [0.3, 0.4) is 0 Å². The van der Waals surface area contributed by atoms with Crippen molar-refractivity contribution in [3.05, 3.63) is 29.6 Å². The van der Waals surface area contributed by atoms with Gasteiger partial charge < -0.3 is 10.6 Å². The van der Waals surface area contributed by atoms with Crippen molar-refractivity contribution in [3.8, 4) is 6.07 Å². The van der Waals surface area contributed by atoms with E-state index in [0.717, 1.165) is 6.07 Å². The number of anilines is 1. The number of hydrogen-bond donors (Lipinski definition) is 2.